The van der Waals surface area contributed by atoms with Crippen LogP contribution in [0.3, 0.4) is 0 Å². The summed E-state index contributed by atoms with van der Waals surface area (Å²) in [6.07, 6.45) is 0. The molecule has 1 heterocycles. The number of benzene rings is 3. The fourth-order valence-corrected chi connectivity index (χ4v) is 3.81. The van der Waals surface area contributed by atoms with Gasteiger partial charge >= 0.3 is 0 Å². The van der Waals surface area contributed by atoms with E-state index in [2.05, 4.69) is 63.6 Å². The fourth-order valence-electron chi connectivity index (χ4n) is 3.20. The Morgan fingerprint density at radius 1 is 1.08 bits per heavy atom. The highest BCUT2D eigenvalue weighted by molar-refractivity contribution is 14.1. The predicted molar refractivity (Wildman–Crippen MR) is 105 cm³/mol. The number of nitrogens with zero attached hydrogens (tertiary/aromatic N) is 1. The van der Waals surface area contributed by atoms with Gasteiger partial charge in [0, 0.05) is 26.5 Å². The summed E-state index contributed by atoms with van der Waals surface area (Å²) in [5, 5.41) is 1.82. The molecule has 0 unspecified atom stereocenters. The minimum Gasteiger partial charge on any atom is -0.366 e. The van der Waals surface area contributed by atoms with Crippen LogP contribution in [0, 0.1) is 9.64 Å². The molecule has 4 heteroatoms. The highest BCUT2D eigenvalue weighted by atomic mass is 127. The molecule has 1 aromatic heterocycles. The van der Waals surface area contributed by atoms with E-state index in [9.17, 15) is 4.79 Å². The molecule has 0 spiro atoms. The minimum absolute atomic E-state index is 0.411. The van der Waals surface area contributed by atoms with Crippen molar-refractivity contribution < 1.29 is 4.79 Å². The van der Waals surface area contributed by atoms with E-state index in [1.807, 2.05) is 24.3 Å². The third kappa shape index (κ3) is 2.47. The van der Waals surface area contributed by atoms with Crippen molar-refractivity contribution in [2.75, 3.05) is 0 Å². The molecule has 3 nitrogen and oxygen atoms in total. The van der Waals surface area contributed by atoms with E-state index in [0.717, 1.165) is 28.4 Å². The molecular formula is C20H14IN2O. The zero-order chi connectivity index (χ0) is 16.7. The topological polar surface area (TPSA) is 48.0 Å². The summed E-state index contributed by atoms with van der Waals surface area (Å²) in [5.41, 5.74) is 9.41. The first-order valence-corrected chi connectivity index (χ1v) is 8.69. The van der Waals surface area contributed by atoms with Crippen LogP contribution in [0.15, 0.2) is 60.7 Å². The number of hydrogen-bond acceptors (Lipinski definition) is 1. The van der Waals surface area contributed by atoms with Gasteiger partial charge in [0.2, 0.25) is 5.91 Å². The van der Waals surface area contributed by atoms with Crippen LogP contribution < -0.4 is 5.73 Å². The Morgan fingerprint density at radius 2 is 1.88 bits per heavy atom. The molecule has 0 bridgehead atoms. The highest BCUT2D eigenvalue weighted by Crippen LogP contribution is 2.31. The number of carbonyl (C=O) groups is 1. The van der Waals surface area contributed by atoms with Crippen LogP contribution in [0.5, 0.6) is 0 Å². The first-order chi connectivity index (χ1) is 11.6. The van der Waals surface area contributed by atoms with Crippen LogP contribution in [0.2, 0.25) is 0 Å². The first kappa shape index (κ1) is 15.2. The van der Waals surface area contributed by atoms with E-state index in [1.165, 1.54) is 9.13 Å². The quantitative estimate of drug-likeness (QED) is 0.488. The molecule has 0 aliphatic rings. The number of rotatable bonds is 3. The van der Waals surface area contributed by atoms with Gasteiger partial charge in [0.05, 0.1) is 11.0 Å². The summed E-state index contributed by atoms with van der Waals surface area (Å²) in [6, 6.07) is 23.3. The van der Waals surface area contributed by atoms with Crippen LogP contribution >= 0.6 is 22.6 Å². The fraction of sp³-hybridized carbons (Fsp3) is 0.0500. The molecule has 4 rings (SSSR count). The third-order valence-electron chi connectivity index (χ3n) is 4.20. The molecule has 0 fully saturated rings. The Balaban J connectivity index is 2.03. The van der Waals surface area contributed by atoms with Gasteiger partial charge < -0.3 is 10.3 Å². The minimum atomic E-state index is -0.411. The number of carbonyl (C=O) groups excluding carboxylic acids is 1. The van der Waals surface area contributed by atoms with Gasteiger partial charge in [0.1, 0.15) is 0 Å². The average Bonchev–Trinajstić information content (AvgIpc) is 2.89. The number of fused-ring (bicyclic) bond motifs is 3. The SMILES string of the molecule is NC(=O)c1cccc2c1c1[c]cccc1n2Cc1cccc(I)c1. The smallest absolute Gasteiger partial charge is 0.249 e. The van der Waals surface area contributed by atoms with Crippen LogP contribution in [0.4, 0.5) is 0 Å². The molecule has 2 N–H and O–H groups in total. The first-order valence-electron chi connectivity index (χ1n) is 7.61. The predicted octanol–water partition coefficient (Wildman–Crippen LogP) is 4.35. The number of primary amides is 1. The van der Waals surface area contributed by atoms with Gasteiger partial charge in [-0.3, -0.25) is 4.79 Å². The number of halogens is 1. The molecule has 117 valence electrons. The Bertz CT molecular complexity index is 1080. The molecule has 4 aromatic rings. The summed E-state index contributed by atoms with van der Waals surface area (Å²) >= 11 is 2.32. The molecule has 24 heavy (non-hydrogen) atoms. The number of nitrogens with two attached hydrogens (primary N) is 1. The standard InChI is InChI=1S/C20H14IN2O/c21-14-6-3-5-13(11-14)12-23-17-9-2-1-7-15(17)19-16(20(22)24)8-4-10-18(19)23/h1-6,8-11H,12H2,(H2,22,24). The van der Waals surface area contributed by atoms with Gasteiger partial charge in [-0.25, -0.2) is 0 Å². The maximum absolute atomic E-state index is 11.9. The maximum atomic E-state index is 11.9. The van der Waals surface area contributed by atoms with Gasteiger partial charge in [0.25, 0.3) is 0 Å². The molecule has 0 saturated carbocycles. The highest BCUT2D eigenvalue weighted by Gasteiger charge is 2.16. The van der Waals surface area contributed by atoms with Crippen molar-refractivity contribution in [3.63, 3.8) is 0 Å². The van der Waals surface area contributed by atoms with Gasteiger partial charge in [-0.15, -0.1) is 0 Å². The monoisotopic (exact) mass is 425 g/mol. The van der Waals surface area contributed by atoms with Crippen molar-refractivity contribution in [2.24, 2.45) is 5.73 Å². The molecular weight excluding hydrogens is 411 g/mol. The lowest BCUT2D eigenvalue weighted by Crippen LogP contribution is -2.11. The van der Waals surface area contributed by atoms with Gasteiger partial charge in [-0.1, -0.05) is 30.3 Å². The van der Waals surface area contributed by atoms with Crippen molar-refractivity contribution in [1.82, 2.24) is 4.57 Å². The lowest BCUT2D eigenvalue weighted by molar-refractivity contribution is 0.100. The Hall–Kier alpha value is -2.34. The van der Waals surface area contributed by atoms with Gasteiger partial charge in [-0.05, 0) is 64.6 Å². The van der Waals surface area contributed by atoms with Gasteiger partial charge in [0.15, 0.2) is 0 Å². The Morgan fingerprint density at radius 3 is 2.67 bits per heavy atom. The molecule has 1 radical (unpaired) electrons. The second kappa shape index (κ2) is 5.94. The average molecular weight is 425 g/mol. The molecule has 0 aliphatic carbocycles. The van der Waals surface area contributed by atoms with E-state index in [0.29, 0.717) is 5.56 Å². The van der Waals surface area contributed by atoms with E-state index >= 15 is 0 Å². The second-order valence-corrected chi connectivity index (χ2v) is 6.96. The van der Waals surface area contributed by atoms with Crippen molar-refractivity contribution in [3.05, 3.63) is 81.4 Å². The summed E-state index contributed by atoms with van der Waals surface area (Å²) in [5.74, 6) is -0.411. The van der Waals surface area contributed by atoms with E-state index in [-0.39, 0.29) is 0 Å². The third-order valence-corrected chi connectivity index (χ3v) is 4.87. The van der Waals surface area contributed by atoms with Crippen molar-refractivity contribution in [3.8, 4) is 0 Å². The van der Waals surface area contributed by atoms with Gasteiger partial charge in [-0.2, -0.15) is 0 Å². The van der Waals surface area contributed by atoms with Crippen LogP contribution in [0.25, 0.3) is 21.8 Å². The van der Waals surface area contributed by atoms with Crippen molar-refractivity contribution in [1.29, 1.82) is 0 Å². The van der Waals surface area contributed by atoms with E-state index in [4.69, 9.17) is 5.73 Å². The molecule has 1 amide bonds. The summed E-state index contributed by atoms with van der Waals surface area (Å²) in [6.45, 7) is 0.733. The van der Waals surface area contributed by atoms with Crippen LogP contribution in [0.1, 0.15) is 15.9 Å². The Kier molecular flexibility index (Phi) is 3.76. The summed E-state index contributed by atoms with van der Waals surface area (Å²) in [7, 11) is 0. The maximum Gasteiger partial charge on any atom is 0.249 e. The van der Waals surface area contributed by atoms with Crippen LogP contribution in [-0.4, -0.2) is 10.5 Å². The number of aromatic nitrogens is 1. The zero-order valence-electron chi connectivity index (χ0n) is 12.8. The lowest BCUT2D eigenvalue weighted by Gasteiger charge is -2.08. The largest absolute Gasteiger partial charge is 0.366 e. The van der Waals surface area contributed by atoms with E-state index in [1.54, 1.807) is 6.07 Å². The summed E-state index contributed by atoms with van der Waals surface area (Å²) in [4.78, 5) is 11.9. The molecule has 3 aromatic carbocycles. The number of amides is 1. The second-order valence-electron chi connectivity index (χ2n) is 5.71. The van der Waals surface area contributed by atoms with Crippen LogP contribution in [-0.2, 0) is 6.54 Å². The normalized spacial score (nSPS) is 11.2. The molecule has 0 saturated heterocycles. The number of hydrogen-bond donors (Lipinski definition) is 1. The summed E-state index contributed by atoms with van der Waals surface area (Å²) < 4.78 is 3.43. The van der Waals surface area contributed by atoms with Crippen molar-refractivity contribution >= 4 is 50.3 Å². The van der Waals surface area contributed by atoms with E-state index < -0.39 is 5.91 Å². The molecule has 0 atom stereocenters. The van der Waals surface area contributed by atoms with Crippen molar-refractivity contribution in [2.45, 2.75) is 6.54 Å². The zero-order valence-corrected chi connectivity index (χ0v) is 14.9. The lowest BCUT2D eigenvalue weighted by atomic mass is 10.1. The Labute approximate surface area is 153 Å². The molecule has 0 aliphatic heterocycles.